The normalized spacial score (nSPS) is 16.8. The molecule has 2 fully saturated rings. The quantitative estimate of drug-likeness (QED) is 0.529. The van der Waals surface area contributed by atoms with E-state index in [0.717, 1.165) is 25.8 Å². The first-order valence-corrected chi connectivity index (χ1v) is 9.99. The van der Waals surface area contributed by atoms with Crippen LogP contribution in [0.5, 0.6) is 0 Å². The molecule has 152 valence electrons. The van der Waals surface area contributed by atoms with Gasteiger partial charge < -0.3 is 14.7 Å². The van der Waals surface area contributed by atoms with Crippen LogP contribution in [0.25, 0.3) is 0 Å². The van der Waals surface area contributed by atoms with E-state index in [9.17, 15) is 19.7 Å². The number of nitrogens with zero attached hydrogens (tertiary/aromatic N) is 4. The molecule has 1 heterocycles. The molecule has 0 unspecified atom stereocenters. The van der Waals surface area contributed by atoms with E-state index in [1.54, 1.807) is 17.0 Å². The summed E-state index contributed by atoms with van der Waals surface area (Å²) in [5.41, 5.74) is 0.825. The van der Waals surface area contributed by atoms with Gasteiger partial charge >= 0.3 is 0 Å². The first kappa shape index (κ1) is 20.1. The minimum atomic E-state index is -0.422. The van der Waals surface area contributed by atoms with Gasteiger partial charge in [-0.2, -0.15) is 0 Å². The summed E-state index contributed by atoms with van der Waals surface area (Å²) in [4.78, 5) is 41.2. The summed E-state index contributed by atoms with van der Waals surface area (Å²) in [5.74, 6) is 0.453. The van der Waals surface area contributed by atoms with Gasteiger partial charge in [0.25, 0.3) is 11.6 Å². The number of benzene rings is 1. The second-order valence-electron chi connectivity index (χ2n) is 7.65. The second-order valence-corrected chi connectivity index (χ2v) is 7.65. The number of amides is 2. The molecule has 8 nitrogen and oxygen atoms in total. The van der Waals surface area contributed by atoms with Crippen molar-refractivity contribution in [1.82, 2.24) is 9.80 Å². The zero-order valence-electron chi connectivity index (χ0n) is 16.6. The number of anilines is 1. The Balaban J connectivity index is 1.79. The van der Waals surface area contributed by atoms with Gasteiger partial charge in [-0.05, 0) is 37.3 Å². The molecule has 1 aliphatic heterocycles. The number of hydrogen-bond donors (Lipinski definition) is 0. The summed E-state index contributed by atoms with van der Waals surface area (Å²) >= 11 is 0. The Hall–Kier alpha value is -2.64. The van der Waals surface area contributed by atoms with Crippen LogP contribution in [0.1, 0.15) is 43.5 Å². The van der Waals surface area contributed by atoms with Crippen LogP contribution in [0.4, 0.5) is 11.4 Å². The number of carbonyl (C=O) groups excluding carboxylic acids is 2. The van der Waals surface area contributed by atoms with Crippen LogP contribution in [0.3, 0.4) is 0 Å². The molecule has 0 atom stereocenters. The lowest BCUT2D eigenvalue weighted by Gasteiger charge is -2.35. The Morgan fingerprint density at radius 2 is 1.89 bits per heavy atom. The molecule has 1 saturated heterocycles. The van der Waals surface area contributed by atoms with Gasteiger partial charge in [0.1, 0.15) is 5.69 Å². The summed E-state index contributed by atoms with van der Waals surface area (Å²) in [7, 11) is 0. The average Bonchev–Trinajstić information content (AvgIpc) is 3.51. The van der Waals surface area contributed by atoms with Crippen molar-refractivity contribution >= 4 is 23.2 Å². The van der Waals surface area contributed by atoms with E-state index in [4.69, 9.17) is 0 Å². The third-order valence-electron chi connectivity index (χ3n) is 5.44. The van der Waals surface area contributed by atoms with Crippen LogP contribution in [0.2, 0.25) is 0 Å². The smallest absolute Gasteiger partial charge is 0.293 e. The second kappa shape index (κ2) is 8.58. The lowest BCUT2D eigenvalue weighted by Crippen LogP contribution is -2.48. The largest absolute Gasteiger partial charge is 0.362 e. The highest BCUT2D eigenvalue weighted by molar-refractivity contribution is 5.96. The van der Waals surface area contributed by atoms with Crippen molar-refractivity contribution in [2.75, 3.05) is 44.2 Å². The highest BCUT2D eigenvalue weighted by Crippen LogP contribution is 2.32. The van der Waals surface area contributed by atoms with Crippen LogP contribution in [-0.2, 0) is 4.79 Å². The summed E-state index contributed by atoms with van der Waals surface area (Å²) in [6.07, 6.45) is 3.16. The first-order chi connectivity index (χ1) is 13.4. The van der Waals surface area contributed by atoms with Gasteiger partial charge in [0, 0.05) is 57.8 Å². The maximum absolute atomic E-state index is 12.9. The zero-order valence-corrected chi connectivity index (χ0v) is 16.6. The standard InChI is InChI=1S/C20H28N4O4/c1-3-8-23(14-16-4-5-16)20(26)17-6-7-18(19(13-17)24(27)28)22-11-9-21(10-12-22)15(2)25/h6-7,13,16H,3-5,8-12,14H2,1-2H3. The van der Waals surface area contributed by atoms with E-state index in [1.165, 1.54) is 13.0 Å². The number of carbonyl (C=O) groups is 2. The molecule has 3 rings (SSSR count). The Labute approximate surface area is 165 Å². The maximum atomic E-state index is 12.9. The molecule has 1 saturated carbocycles. The van der Waals surface area contributed by atoms with Gasteiger partial charge in [-0.15, -0.1) is 0 Å². The minimum Gasteiger partial charge on any atom is -0.362 e. The van der Waals surface area contributed by atoms with E-state index >= 15 is 0 Å². The number of piperazine rings is 1. The molecular weight excluding hydrogens is 360 g/mol. The Morgan fingerprint density at radius 3 is 2.43 bits per heavy atom. The fourth-order valence-electron chi connectivity index (χ4n) is 3.67. The molecule has 0 spiro atoms. The van der Waals surface area contributed by atoms with Crippen molar-refractivity contribution in [3.63, 3.8) is 0 Å². The average molecular weight is 388 g/mol. The molecule has 0 radical (unpaired) electrons. The molecule has 28 heavy (non-hydrogen) atoms. The third-order valence-corrected chi connectivity index (χ3v) is 5.44. The highest BCUT2D eigenvalue weighted by atomic mass is 16.6. The molecule has 8 heteroatoms. The third kappa shape index (κ3) is 4.61. The summed E-state index contributed by atoms with van der Waals surface area (Å²) in [6, 6.07) is 4.78. The molecule has 2 aliphatic rings. The van der Waals surface area contributed by atoms with Gasteiger partial charge in [-0.25, -0.2) is 0 Å². The van der Waals surface area contributed by atoms with Gasteiger partial charge in [0.15, 0.2) is 0 Å². The van der Waals surface area contributed by atoms with Gasteiger partial charge in [0.05, 0.1) is 4.92 Å². The molecule has 0 aromatic heterocycles. The van der Waals surface area contributed by atoms with Crippen molar-refractivity contribution in [3.8, 4) is 0 Å². The molecular formula is C20H28N4O4. The van der Waals surface area contributed by atoms with E-state index in [-0.39, 0.29) is 17.5 Å². The van der Waals surface area contributed by atoms with Crippen LogP contribution in [0, 0.1) is 16.0 Å². The van der Waals surface area contributed by atoms with Gasteiger partial charge in [0.2, 0.25) is 5.91 Å². The first-order valence-electron chi connectivity index (χ1n) is 9.99. The molecule has 1 aromatic rings. The lowest BCUT2D eigenvalue weighted by atomic mass is 10.1. The minimum absolute atomic E-state index is 0.0155. The van der Waals surface area contributed by atoms with Crippen LogP contribution in [0.15, 0.2) is 18.2 Å². The van der Waals surface area contributed by atoms with Gasteiger partial charge in [-0.1, -0.05) is 6.92 Å². The van der Waals surface area contributed by atoms with E-state index in [2.05, 4.69) is 0 Å². The Morgan fingerprint density at radius 1 is 1.21 bits per heavy atom. The van der Waals surface area contributed by atoms with Crippen molar-refractivity contribution in [2.24, 2.45) is 5.92 Å². The van der Waals surface area contributed by atoms with Gasteiger partial charge in [-0.3, -0.25) is 19.7 Å². The SMILES string of the molecule is CCCN(CC1CC1)C(=O)c1ccc(N2CCN(C(C)=O)CC2)c([N+](=O)[O-])c1. The molecule has 0 bridgehead atoms. The van der Waals surface area contributed by atoms with Crippen LogP contribution in [-0.4, -0.2) is 65.8 Å². The fraction of sp³-hybridized carbons (Fsp3) is 0.600. The monoisotopic (exact) mass is 388 g/mol. The van der Waals surface area contributed by atoms with E-state index < -0.39 is 4.92 Å². The topological polar surface area (TPSA) is 87.0 Å². The summed E-state index contributed by atoms with van der Waals surface area (Å²) in [5, 5.41) is 11.7. The number of nitro benzene ring substituents is 1. The number of rotatable bonds is 7. The van der Waals surface area contributed by atoms with E-state index in [1.807, 2.05) is 16.7 Å². The van der Waals surface area contributed by atoms with Crippen LogP contribution < -0.4 is 4.90 Å². The summed E-state index contributed by atoms with van der Waals surface area (Å²) in [6.45, 7) is 7.11. The number of nitro groups is 1. The van der Waals surface area contributed by atoms with E-state index in [0.29, 0.717) is 49.9 Å². The van der Waals surface area contributed by atoms with Crippen molar-refractivity contribution in [3.05, 3.63) is 33.9 Å². The zero-order chi connectivity index (χ0) is 20.3. The van der Waals surface area contributed by atoms with Crippen molar-refractivity contribution < 1.29 is 14.5 Å². The lowest BCUT2D eigenvalue weighted by molar-refractivity contribution is -0.384. The van der Waals surface area contributed by atoms with Crippen molar-refractivity contribution in [1.29, 1.82) is 0 Å². The molecule has 2 amide bonds. The summed E-state index contributed by atoms with van der Waals surface area (Å²) < 4.78 is 0. The van der Waals surface area contributed by atoms with Crippen LogP contribution >= 0.6 is 0 Å². The molecule has 1 aliphatic carbocycles. The Kier molecular flexibility index (Phi) is 6.16. The highest BCUT2D eigenvalue weighted by Gasteiger charge is 2.29. The molecule has 0 N–H and O–H groups in total. The molecule has 1 aromatic carbocycles. The Bertz CT molecular complexity index is 755. The maximum Gasteiger partial charge on any atom is 0.293 e. The number of hydrogen-bond acceptors (Lipinski definition) is 5. The van der Waals surface area contributed by atoms with Crippen molar-refractivity contribution in [2.45, 2.75) is 33.1 Å². The predicted molar refractivity (Wildman–Crippen MR) is 106 cm³/mol. The predicted octanol–water partition coefficient (Wildman–Crippen LogP) is 2.53. The fourth-order valence-corrected chi connectivity index (χ4v) is 3.67.